The maximum Gasteiger partial charge on any atom is 0.306 e. The summed E-state index contributed by atoms with van der Waals surface area (Å²) in [5.41, 5.74) is 2.17. The van der Waals surface area contributed by atoms with Gasteiger partial charge >= 0.3 is 5.97 Å². The predicted octanol–water partition coefficient (Wildman–Crippen LogP) is 2.28. The number of hydrogen-bond donors (Lipinski definition) is 1. The molecule has 1 heterocycles. The molecule has 1 atom stereocenters. The van der Waals surface area contributed by atoms with Crippen LogP contribution in [0.1, 0.15) is 25.0 Å². The smallest absolute Gasteiger partial charge is 0.306 e. The number of aryl methyl sites for hydroxylation is 1. The normalized spacial score (nSPS) is 15.2. The minimum absolute atomic E-state index is 0.391. The van der Waals surface area contributed by atoms with Crippen LogP contribution in [0.4, 0.5) is 0 Å². The molecule has 0 spiro atoms. The van der Waals surface area contributed by atoms with E-state index in [9.17, 15) is 4.79 Å². The van der Waals surface area contributed by atoms with Crippen LogP contribution in [-0.2, 0) is 17.6 Å². The second-order valence-electron chi connectivity index (χ2n) is 4.56. The zero-order valence-corrected chi connectivity index (χ0v) is 10.7. The van der Waals surface area contributed by atoms with Crippen molar-refractivity contribution in [3.05, 3.63) is 23.3 Å². The number of carboxylic acid groups (broad SMARTS) is 1. The minimum Gasteiger partial charge on any atom is -0.486 e. The highest BCUT2D eigenvalue weighted by atomic mass is 16.6. The fraction of sp³-hybridized carbons (Fsp3) is 0.500. The molecule has 0 radical (unpaired) electrons. The highest BCUT2D eigenvalue weighted by molar-refractivity contribution is 5.70. The van der Waals surface area contributed by atoms with Gasteiger partial charge in [0.15, 0.2) is 11.5 Å². The van der Waals surface area contributed by atoms with Gasteiger partial charge in [-0.3, -0.25) is 4.79 Å². The van der Waals surface area contributed by atoms with Crippen LogP contribution in [0.25, 0.3) is 0 Å². The number of aliphatic carboxylic acids is 1. The van der Waals surface area contributed by atoms with Crippen molar-refractivity contribution in [2.75, 3.05) is 13.2 Å². The molecule has 18 heavy (non-hydrogen) atoms. The van der Waals surface area contributed by atoms with E-state index in [4.69, 9.17) is 14.6 Å². The third kappa shape index (κ3) is 2.58. The van der Waals surface area contributed by atoms with E-state index in [0.29, 0.717) is 19.6 Å². The Hall–Kier alpha value is -1.71. The van der Waals surface area contributed by atoms with Crippen LogP contribution in [0, 0.1) is 5.92 Å². The van der Waals surface area contributed by atoms with Gasteiger partial charge in [0, 0.05) is 0 Å². The van der Waals surface area contributed by atoms with Gasteiger partial charge in [0.25, 0.3) is 0 Å². The van der Waals surface area contributed by atoms with Crippen LogP contribution in [0.3, 0.4) is 0 Å². The van der Waals surface area contributed by atoms with Crippen molar-refractivity contribution in [3.63, 3.8) is 0 Å². The van der Waals surface area contributed by atoms with E-state index in [1.807, 2.05) is 12.1 Å². The van der Waals surface area contributed by atoms with E-state index in [1.54, 1.807) is 6.92 Å². The van der Waals surface area contributed by atoms with Gasteiger partial charge in [-0.05, 0) is 36.1 Å². The topological polar surface area (TPSA) is 55.8 Å². The maximum absolute atomic E-state index is 10.9. The van der Waals surface area contributed by atoms with Crippen LogP contribution in [0.15, 0.2) is 12.1 Å². The fourth-order valence-electron chi connectivity index (χ4n) is 2.11. The Balaban J connectivity index is 2.30. The summed E-state index contributed by atoms with van der Waals surface area (Å²) in [7, 11) is 0. The Morgan fingerprint density at radius 3 is 2.33 bits per heavy atom. The average molecular weight is 250 g/mol. The van der Waals surface area contributed by atoms with Gasteiger partial charge in [0.05, 0.1) is 5.92 Å². The van der Waals surface area contributed by atoms with Crippen LogP contribution in [-0.4, -0.2) is 24.3 Å². The van der Waals surface area contributed by atoms with Crippen molar-refractivity contribution in [1.29, 1.82) is 0 Å². The van der Waals surface area contributed by atoms with Crippen molar-refractivity contribution in [2.45, 2.75) is 26.7 Å². The summed E-state index contributed by atoms with van der Waals surface area (Å²) in [5.74, 6) is 0.334. The monoisotopic (exact) mass is 250 g/mol. The zero-order valence-electron chi connectivity index (χ0n) is 10.7. The molecule has 4 heteroatoms. The number of ether oxygens (including phenoxy) is 2. The van der Waals surface area contributed by atoms with E-state index < -0.39 is 11.9 Å². The molecule has 4 nitrogen and oxygen atoms in total. The van der Waals surface area contributed by atoms with Crippen LogP contribution in [0.5, 0.6) is 11.5 Å². The Labute approximate surface area is 107 Å². The molecule has 1 aromatic carbocycles. The van der Waals surface area contributed by atoms with Gasteiger partial charge < -0.3 is 14.6 Å². The first-order chi connectivity index (χ1) is 8.61. The molecule has 0 bridgehead atoms. The van der Waals surface area contributed by atoms with E-state index in [2.05, 4.69) is 6.92 Å². The number of fused-ring (bicyclic) bond motifs is 1. The lowest BCUT2D eigenvalue weighted by Gasteiger charge is -2.21. The Bertz CT molecular complexity index is 453. The SMILES string of the molecule is CCc1cc2c(cc1CC(C)C(=O)O)OCCO2. The van der Waals surface area contributed by atoms with Gasteiger partial charge in [-0.15, -0.1) is 0 Å². The van der Waals surface area contributed by atoms with Gasteiger partial charge in [-0.1, -0.05) is 13.8 Å². The summed E-state index contributed by atoms with van der Waals surface area (Å²) in [6, 6.07) is 3.89. The molecule has 2 rings (SSSR count). The Morgan fingerprint density at radius 2 is 1.83 bits per heavy atom. The van der Waals surface area contributed by atoms with Crippen molar-refractivity contribution in [3.8, 4) is 11.5 Å². The molecule has 1 aromatic rings. The molecule has 0 aromatic heterocycles. The van der Waals surface area contributed by atoms with Gasteiger partial charge in [-0.2, -0.15) is 0 Å². The molecule has 1 aliphatic heterocycles. The zero-order chi connectivity index (χ0) is 13.1. The standard InChI is InChI=1S/C14H18O4/c1-3-10-7-12-13(18-5-4-17-12)8-11(10)6-9(2)14(15)16/h7-9H,3-6H2,1-2H3,(H,15,16). The second kappa shape index (κ2) is 5.29. The Kier molecular flexibility index (Phi) is 3.75. The average Bonchev–Trinajstić information content (AvgIpc) is 2.37. The lowest BCUT2D eigenvalue weighted by Crippen LogP contribution is -2.17. The summed E-state index contributed by atoms with van der Waals surface area (Å²) in [6.07, 6.45) is 1.38. The molecule has 1 aliphatic rings. The number of carbonyl (C=O) groups is 1. The number of rotatable bonds is 4. The highest BCUT2D eigenvalue weighted by Gasteiger charge is 2.18. The number of carboxylic acids is 1. The van der Waals surface area contributed by atoms with E-state index in [0.717, 1.165) is 29.0 Å². The lowest BCUT2D eigenvalue weighted by molar-refractivity contribution is -0.141. The molecule has 0 fully saturated rings. The first kappa shape index (κ1) is 12.7. The molecule has 1 unspecified atom stereocenters. The number of benzene rings is 1. The number of hydrogen-bond acceptors (Lipinski definition) is 3. The van der Waals surface area contributed by atoms with E-state index in [1.165, 1.54) is 0 Å². The summed E-state index contributed by atoms with van der Waals surface area (Å²) in [4.78, 5) is 10.9. The third-order valence-corrected chi connectivity index (χ3v) is 3.19. The highest BCUT2D eigenvalue weighted by Crippen LogP contribution is 2.34. The molecular weight excluding hydrogens is 232 g/mol. The molecule has 0 amide bonds. The molecule has 0 saturated carbocycles. The van der Waals surface area contributed by atoms with Crippen LogP contribution >= 0.6 is 0 Å². The van der Waals surface area contributed by atoms with Gasteiger partial charge in [0.2, 0.25) is 0 Å². The first-order valence-corrected chi connectivity index (χ1v) is 6.26. The van der Waals surface area contributed by atoms with E-state index >= 15 is 0 Å². The van der Waals surface area contributed by atoms with Crippen LogP contribution < -0.4 is 9.47 Å². The molecule has 0 aliphatic carbocycles. The quantitative estimate of drug-likeness (QED) is 0.890. The fourth-order valence-corrected chi connectivity index (χ4v) is 2.11. The van der Waals surface area contributed by atoms with Gasteiger partial charge in [-0.25, -0.2) is 0 Å². The van der Waals surface area contributed by atoms with E-state index in [-0.39, 0.29) is 0 Å². The molecule has 98 valence electrons. The summed E-state index contributed by atoms with van der Waals surface area (Å²) < 4.78 is 11.1. The minimum atomic E-state index is -0.771. The maximum atomic E-state index is 10.9. The largest absolute Gasteiger partial charge is 0.486 e. The van der Waals surface area contributed by atoms with Crippen molar-refractivity contribution in [2.24, 2.45) is 5.92 Å². The van der Waals surface area contributed by atoms with Crippen molar-refractivity contribution >= 4 is 5.97 Å². The predicted molar refractivity (Wildman–Crippen MR) is 67.3 cm³/mol. The summed E-state index contributed by atoms with van der Waals surface area (Å²) in [5, 5.41) is 8.99. The third-order valence-electron chi connectivity index (χ3n) is 3.19. The Morgan fingerprint density at radius 1 is 1.28 bits per heavy atom. The van der Waals surface area contributed by atoms with Crippen LogP contribution in [0.2, 0.25) is 0 Å². The van der Waals surface area contributed by atoms with Crippen molar-refractivity contribution in [1.82, 2.24) is 0 Å². The molecule has 1 N–H and O–H groups in total. The molecule has 0 saturated heterocycles. The first-order valence-electron chi connectivity index (χ1n) is 6.26. The second-order valence-corrected chi connectivity index (χ2v) is 4.56. The summed E-state index contributed by atoms with van der Waals surface area (Å²) in [6.45, 7) is 4.90. The molecular formula is C14H18O4. The lowest BCUT2D eigenvalue weighted by atomic mass is 9.95. The van der Waals surface area contributed by atoms with Crippen molar-refractivity contribution < 1.29 is 19.4 Å². The summed E-state index contributed by atoms with van der Waals surface area (Å²) >= 11 is 0. The van der Waals surface area contributed by atoms with Gasteiger partial charge in [0.1, 0.15) is 13.2 Å².